The molecule has 2 saturated heterocycles. The van der Waals surface area contributed by atoms with E-state index in [1.54, 1.807) is 28.3 Å². The number of aryl methyl sites for hydroxylation is 1. The number of rotatable bonds is 22. The summed E-state index contributed by atoms with van der Waals surface area (Å²) in [5, 5.41) is 11.7. The van der Waals surface area contributed by atoms with Gasteiger partial charge in [0.15, 0.2) is 17.3 Å². The number of hydrogen-bond acceptors (Lipinski definition) is 12. The minimum absolute atomic E-state index is 0.0790. The molecule has 2 fully saturated rings. The zero-order valence-electron chi connectivity index (χ0n) is 35.4. The van der Waals surface area contributed by atoms with E-state index in [0.29, 0.717) is 68.6 Å². The third kappa shape index (κ3) is 13.2. The number of methoxy groups -OCH3 is 5. The lowest BCUT2D eigenvalue weighted by Gasteiger charge is -2.42. The van der Waals surface area contributed by atoms with Crippen LogP contribution in [0.2, 0.25) is 0 Å². The van der Waals surface area contributed by atoms with Crippen LogP contribution >= 0.6 is 0 Å². The molecule has 1 amide bonds. The van der Waals surface area contributed by atoms with E-state index >= 15 is 0 Å². The second-order valence-electron chi connectivity index (χ2n) is 15.2. The number of benzene rings is 1. The van der Waals surface area contributed by atoms with Crippen LogP contribution < -0.4 is 14.2 Å². The average molecular weight is 800 g/mol. The SMILES string of the molecule is COCC(=O)[C@H](C)C[C@H](C)/C=C/C=C/C=C(\C)[C@H](CC1CC[C@@H](C)[C@](O)(C(=O)C(=O)N2CCCCC2C(=O)OCCCc2cc(OC)c(OC)c(OC)c2)O1)OC. The van der Waals surface area contributed by atoms with Gasteiger partial charge < -0.3 is 43.2 Å². The third-order valence-electron chi connectivity index (χ3n) is 10.9. The van der Waals surface area contributed by atoms with Crippen molar-refractivity contribution >= 4 is 23.4 Å². The van der Waals surface area contributed by atoms with E-state index in [1.165, 1.54) is 19.1 Å². The van der Waals surface area contributed by atoms with Crippen LogP contribution in [0.1, 0.15) is 84.6 Å². The van der Waals surface area contributed by atoms with Crippen molar-refractivity contribution in [3.63, 3.8) is 0 Å². The molecule has 13 nitrogen and oxygen atoms in total. The molecule has 0 saturated carbocycles. The van der Waals surface area contributed by atoms with Gasteiger partial charge in [-0.1, -0.05) is 51.2 Å². The van der Waals surface area contributed by atoms with Gasteiger partial charge in [-0.15, -0.1) is 0 Å². The number of likely N-dealkylation sites (tertiary alicyclic amines) is 1. The van der Waals surface area contributed by atoms with Crippen LogP contribution in [0, 0.1) is 17.8 Å². The van der Waals surface area contributed by atoms with Crippen LogP contribution in [0.15, 0.2) is 48.1 Å². The number of piperidine rings is 1. The lowest BCUT2D eigenvalue weighted by molar-refractivity contribution is -0.265. The molecular formula is C44H65NO12. The standard InChI is InChI=1S/C44H65NO12/c1-29(24-31(3)36(46)28-51-5)16-11-10-12-17-30(2)37(52-6)27-34-21-20-32(4)44(50,57-34)41(47)42(48)45-22-14-13-19-35(45)43(49)56-23-15-18-33-25-38(53-7)40(55-9)39(26-33)54-8/h10-12,16-17,25-26,29,31-32,34-35,37,50H,13-15,18-24,27-28H2,1-9H3/b12-10+,16-11+,30-17+/t29-,31-,32-,34?,35?,37+,44-/m1/s1. The van der Waals surface area contributed by atoms with E-state index in [0.717, 1.165) is 17.6 Å². The fraction of sp³-hybridized carbons (Fsp3) is 0.636. The maximum Gasteiger partial charge on any atom is 0.328 e. The van der Waals surface area contributed by atoms with Crippen LogP contribution in [-0.2, 0) is 44.5 Å². The number of ketones is 2. The first-order chi connectivity index (χ1) is 27.2. The maximum absolute atomic E-state index is 13.8. The lowest BCUT2D eigenvalue weighted by Crippen LogP contribution is -2.60. The Bertz CT molecular complexity index is 1560. The van der Waals surface area contributed by atoms with Gasteiger partial charge >= 0.3 is 5.97 Å². The fourth-order valence-electron chi connectivity index (χ4n) is 7.42. The molecule has 3 rings (SSSR count). The van der Waals surface area contributed by atoms with Crippen molar-refractivity contribution in [3.8, 4) is 17.2 Å². The Hall–Kier alpha value is -4.04. The number of allylic oxidation sites excluding steroid dienone is 5. The summed E-state index contributed by atoms with van der Waals surface area (Å²) in [5.41, 5.74) is 1.82. The van der Waals surface area contributed by atoms with E-state index in [-0.39, 0.29) is 43.5 Å². The Morgan fingerprint density at radius 3 is 2.30 bits per heavy atom. The number of carbonyl (C=O) groups is 4. The fourth-order valence-corrected chi connectivity index (χ4v) is 7.42. The first-order valence-electron chi connectivity index (χ1n) is 20.0. The first-order valence-corrected chi connectivity index (χ1v) is 20.0. The Kier molecular flexibility index (Phi) is 19.4. The lowest BCUT2D eigenvalue weighted by atomic mass is 9.85. The average Bonchev–Trinajstić information content (AvgIpc) is 3.21. The van der Waals surface area contributed by atoms with Crippen LogP contribution in [0.25, 0.3) is 0 Å². The molecule has 1 aromatic rings. The van der Waals surface area contributed by atoms with Crippen molar-refractivity contribution in [2.45, 2.75) is 110 Å². The predicted octanol–water partition coefficient (Wildman–Crippen LogP) is 5.98. The van der Waals surface area contributed by atoms with E-state index in [1.807, 2.05) is 50.3 Å². The highest BCUT2D eigenvalue weighted by Gasteiger charge is 2.52. The van der Waals surface area contributed by atoms with Gasteiger partial charge in [0.05, 0.1) is 40.1 Å². The minimum atomic E-state index is -2.35. The minimum Gasteiger partial charge on any atom is -0.493 e. The van der Waals surface area contributed by atoms with Gasteiger partial charge in [-0.25, -0.2) is 4.79 Å². The summed E-state index contributed by atoms with van der Waals surface area (Å²) in [4.78, 5) is 54.2. The molecule has 2 aliphatic heterocycles. The molecule has 2 unspecified atom stereocenters. The monoisotopic (exact) mass is 799 g/mol. The predicted molar refractivity (Wildman–Crippen MR) is 215 cm³/mol. The number of nitrogens with zero attached hydrogens (tertiary/aromatic N) is 1. The molecular weight excluding hydrogens is 734 g/mol. The van der Waals surface area contributed by atoms with Gasteiger partial charge in [0.25, 0.3) is 11.7 Å². The summed E-state index contributed by atoms with van der Waals surface area (Å²) >= 11 is 0. The molecule has 2 aliphatic rings. The van der Waals surface area contributed by atoms with Crippen molar-refractivity contribution in [2.75, 3.05) is 55.3 Å². The second-order valence-corrected chi connectivity index (χ2v) is 15.2. The Labute approximate surface area is 338 Å². The summed E-state index contributed by atoms with van der Waals surface area (Å²) in [7, 11) is 7.74. The van der Waals surface area contributed by atoms with Crippen molar-refractivity contribution in [2.24, 2.45) is 17.8 Å². The highest BCUT2D eigenvalue weighted by Crippen LogP contribution is 2.39. The first kappa shape index (κ1) is 47.3. The van der Waals surface area contributed by atoms with Crippen molar-refractivity contribution < 1.29 is 57.4 Å². The topological polar surface area (TPSA) is 156 Å². The van der Waals surface area contributed by atoms with Crippen LogP contribution in [0.3, 0.4) is 0 Å². The van der Waals surface area contributed by atoms with E-state index < -0.39 is 41.5 Å². The van der Waals surface area contributed by atoms with Crippen molar-refractivity contribution in [1.29, 1.82) is 0 Å². The number of aliphatic hydroxyl groups is 1. The van der Waals surface area contributed by atoms with Gasteiger partial charge in [0.2, 0.25) is 11.5 Å². The maximum atomic E-state index is 13.8. The van der Waals surface area contributed by atoms with Gasteiger partial charge in [0, 0.05) is 39.0 Å². The van der Waals surface area contributed by atoms with Crippen LogP contribution in [0.5, 0.6) is 17.2 Å². The van der Waals surface area contributed by atoms with Gasteiger partial charge in [-0.2, -0.15) is 0 Å². The zero-order chi connectivity index (χ0) is 42.1. The third-order valence-corrected chi connectivity index (χ3v) is 10.9. The quantitative estimate of drug-likeness (QED) is 0.0635. The summed E-state index contributed by atoms with van der Waals surface area (Å²) in [6.07, 6.45) is 13.7. The molecule has 0 bridgehead atoms. The van der Waals surface area contributed by atoms with Crippen molar-refractivity contribution in [3.05, 3.63) is 53.6 Å². The normalized spacial score (nSPS) is 23.2. The molecule has 0 spiro atoms. The molecule has 318 valence electrons. The van der Waals surface area contributed by atoms with Crippen LogP contribution in [-0.4, -0.2) is 113 Å². The smallest absolute Gasteiger partial charge is 0.328 e. The number of amides is 1. The highest BCUT2D eigenvalue weighted by molar-refractivity contribution is 6.39. The molecule has 1 N–H and O–H groups in total. The molecule has 2 heterocycles. The summed E-state index contributed by atoms with van der Waals surface area (Å²) in [6.45, 7) is 8.02. The molecule has 0 aliphatic carbocycles. The molecule has 0 aromatic heterocycles. The zero-order valence-corrected chi connectivity index (χ0v) is 35.4. The molecule has 13 heteroatoms. The summed E-state index contributed by atoms with van der Waals surface area (Å²) in [5.74, 6) is -3.85. The van der Waals surface area contributed by atoms with Gasteiger partial charge in [-0.05, 0) is 87.5 Å². The number of esters is 1. The highest BCUT2D eigenvalue weighted by atomic mass is 16.6. The molecule has 1 aromatic carbocycles. The number of hydrogen-bond donors (Lipinski definition) is 1. The summed E-state index contributed by atoms with van der Waals surface area (Å²) < 4.78 is 38.7. The number of Topliss-reactive ketones (excluding diaryl/α,β-unsaturated/α-hetero) is 2. The Balaban J connectivity index is 1.59. The number of ether oxygens (including phenoxy) is 7. The molecule has 7 atom stereocenters. The second kappa shape index (κ2) is 23.4. The molecule has 57 heavy (non-hydrogen) atoms. The van der Waals surface area contributed by atoms with E-state index in [4.69, 9.17) is 33.2 Å². The Morgan fingerprint density at radius 1 is 0.965 bits per heavy atom. The van der Waals surface area contributed by atoms with Crippen molar-refractivity contribution in [1.82, 2.24) is 4.90 Å². The molecule has 0 radical (unpaired) electrons. The van der Waals surface area contributed by atoms with Gasteiger partial charge in [0.1, 0.15) is 12.6 Å². The largest absolute Gasteiger partial charge is 0.493 e. The number of carbonyl (C=O) groups excluding carboxylic acids is 4. The van der Waals surface area contributed by atoms with E-state index in [9.17, 15) is 24.3 Å². The van der Waals surface area contributed by atoms with Crippen LogP contribution in [0.4, 0.5) is 0 Å². The Morgan fingerprint density at radius 2 is 1.67 bits per heavy atom. The summed E-state index contributed by atoms with van der Waals surface area (Å²) in [6, 6.07) is 2.74. The van der Waals surface area contributed by atoms with Gasteiger partial charge in [-0.3, -0.25) is 14.4 Å². The van der Waals surface area contributed by atoms with E-state index in [2.05, 4.69) is 13.0 Å².